The van der Waals surface area contributed by atoms with Crippen LogP contribution in [-0.2, 0) is 17.9 Å². The van der Waals surface area contributed by atoms with Gasteiger partial charge in [-0.3, -0.25) is 4.79 Å². The van der Waals surface area contributed by atoms with Gasteiger partial charge in [0.1, 0.15) is 6.54 Å². The van der Waals surface area contributed by atoms with Crippen molar-refractivity contribution in [1.82, 2.24) is 5.32 Å². The fraction of sp³-hybridized carbons (Fsp3) is 0.211. The molecule has 0 aliphatic heterocycles. The molecule has 0 saturated carbocycles. The Labute approximate surface area is 152 Å². The summed E-state index contributed by atoms with van der Waals surface area (Å²) >= 11 is 11.9. The Kier molecular flexibility index (Phi) is 6.85. The quantitative estimate of drug-likeness (QED) is 0.760. The predicted octanol–water partition coefficient (Wildman–Crippen LogP) is 2.97. The van der Waals surface area contributed by atoms with Gasteiger partial charge in [0.25, 0.3) is 0 Å². The van der Waals surface area contributed by atoms with E-state index >= 15 is 0 Å². The molecule has 0 spiro atoms. The number of nitrogens with one attached hydrogen (secondary N) is 2. The molecule has 2 aromatic rings. The smallest absolute Gasteiger partial charge is 0.244 e. The van der Waals surface area contributed by atoms with Crippen molar-refractivity contribution < 1.29 is 9.69 Å². The van der Waals surface area contributed by atoms with Crippen molar-refractivity contribution in [1.29, 1.82) is 0 Å². The van der Waals surface area contributed by atoms with Gasteiger partial charge in [0.15, 0.2) is 0 Å². The van der Waals surface area contributed by atoms with E-state index in [4.69, 9.17) is 23.2 Å². The molecule has 0 aromatic heterocycles. The number of carbonyl (C=O) groups is 1. The summed E-state index contributed by atoms with van der Waals surface area (Å²) < 4.78 is 0. The normalized spacial score (nSPS) is 11.2. The Morgan fingerprint density at radius 2 is 1.83 bits per heavy atom. The summed E-state index contributed by atoms with van der Waals surface area (Å²) in [4.78, 5) is 13.4. The van der Waals surface area contributed by atoms with Crippen LogP contribution in [0.5, 0.6) is 0 Å². The van der Waals surface area contributed by atoms with E-state index in [0.29, 0.717) is 16.6 Å². The molecule has 5 heteroatoms. The molecule has 0 unspecified atom stereocenters. The molecular formula is C19H21Cl2N2O+. The lowest BCUT2D eigenvalue weighted by Gasteiger charge is -2.12. The van der Waals surface area contributed by atoms with E-state index in [1.165, 1.54) is 16.5 Å². The first-order valence-corrected chi connectivity index (χ1v) is 8.48. The van der Waals surface area contributed by atoms with Crippen molar-refractivity contribution >= 4 is 35.2 Å². The monoisotopic (exact) mass is 363 g/mol. The van der Waals surface area contributed by atoms with Gasteiger partial charge in [0.05, 0.1) is 14.1 Å². The van der Waals surface area contributed by atoms with Gasteiger partial charge in [-0.05, 0) is 29.3 Å². The van der Waals surface area contributed by atoms with Crippen LogP contribution in [0.2, 0.25) is 10.0 Å². The standard InChI is InChI=1S/C19H20Cl2N2O/c1-23(2)13-16-6-4-3-5-15(16)12-22-19(24)10-8-14-7-9-17(20)11-18(14)21/h3-11H,12-13H2,1-2H3,(H,22,24)/p+1/b10-8+. The second-order valence-corrected chi connectivity index (χ2v) is 6.71. The van der Waals surface area contributed by atoms with Crippen molar-refractivity contribution in [2.75, 3.05) is 14.1 Å². The third-order valence-corrected chi connectivity index (χ3v) is 4.05. The SMILES string of the molecule is C[NH+](C)Cc1ccccc1CNC(=O)/C=C/c1ccc(Cl)cc1Cl. The first-order chi connectivity index (χ1) is 11.5. The number of halogens is 2. The van der Waals surface area contributed by atoms with E-state index in [-0.39, 0.29) is 5.91 Å². The molecular weight excluding hydrogens is 343 g/mol. The topological polar surface area (TPSA) is 33.5 Å². The van der Waals surface area contributed by atoms with E-state index in [1.807, 2.05) is 18.2 Å². The predicted molar refractivity (Wildman–Crippen MR) is 100 cm³/mol. The molecule has 0 aliphatic rings. The van der Waals surface area contributed by atoms with Crippen molar-refractivity contribution in [2.45, 2.75) is 13.1 Å². The van der Waals surface area contributed by atoms with Gasteiger partial charge in [-0.2, -0.15) is 0 Å². The molecule has 2 N–H and O–H groups in total. The first kappa shape index (κ1) is 18.5. The summed E-state index contributed by atoms with van der Waals surface area (Å²) in [7, 11) is 4.21. The summed E-state index contributed by atoms with van der Waals surface area (Å²) in [6.45, 7) is 1.42. The maximum Gasteiger partial charge on any atom is 0.244 e. The average molecular weight is 364 g/mol. The van der Waals surface area contributed by atoms with Gasteiger partial charge in [-0.25, -0.2) is 0 Å². The molecule has 0 aliphatic carbocycles. The van der Waals surface area contributed by atoms with Crippen LogP contribution < -0.4 is 10.2 Å². The summed E-state index contributed by atoms with van der Waals surface area (Å²) in [5.74, 6) is -0.159. The summed E-state index contributed by atoms with van der Waals surface area (Å²) in [6, 6.07) is 13.3. The fourth-order valence-electron chi connectivity index (χ4n) is 2.33. The van der Waals surface area contributed by atoms with Crippen molar-refractivity contribution in [3.63, 3.8) is 0 Å². The van der Waals surface area contributed by atoms with Crippen LogP contribution in [0, 0.1) is 0 Å². The van der Waals surface area contributed by atoms with Gasteiger partial charge < -0.3 is 10.2 Å². The average Bonchev–Trinajstić information content (AvgIpc) is 2.52. The highest BCUT2D eigenvalue weighted by Gasteiger charge is 2.06. The number of hydrogen-bond donors (Lipinski definition) is 2. The molecule has 0 bridgehead atoms. The lowest BCUT2D eigenvalue weighted by atomic mass is 10.1. The Bertz CT molecular complexity index is 742. The van der Waals surface area contributed by atoms with Gasteiger partial charge in [-0.15, -0.1) is 0 Å². The highest BCUT2D eigenvalue weighted by Crippen LogP contribution is 2.21. The third kappa shape index (κ3) is 5.68. The van der Waals surface area contributed by atoms with Gasteiger partial charge in [0.2, 0.25) is 5.91 Å². The number of quaternary nitrogens is 1. The van der Waals surface area contributed by atoms with Crippen LogP contribution in [0.15, 0.2) is 48.5 Å². The molecule has 1 amide bonds. The van der Waals surface area contributed by atoms with E-state index in [0.717, 1.165) is 17.7 Å². The number of amides is 1. The second kappa shape index (κ2) is 8.88. The minimum absolute atomic E-state index is 0.159. The highest BCUT2D eigenvalue weighted by molar-refractivity contribution is 6.35. The largest absolute Gasteiger partial charge is 0.348 e. The summed E-state index contributed by atoms with van der Waals surface area (Å²) in [5, 5.41) is 4.00. The number of rotatable bonds is 6. The molecule has 0 heterocycles. The number of benzene rings is 2. The molecule has 0 fully saturated rings. The summed E-state index contributed by atoms with van der Waals surface area (Å²) in [6.07, 6.45) is 3.17. The van der Waals surface area contributed by atoms with Crippen molar-refractivity contribution in [3.8, 4) is 0 Å². The van der Waals surface area contributed by atoms with E-state index in [9.17, 15) is 4.79 Å². The maximum absolute atomic E-state index is 12.0. The number of carbonyl (C=O) groups excluding carboxylic acids is 1. The van der Waals surface area contributed by atoms with Gasteiger partial charge >= 0.3 is 0 Å². The zero-order valence-corrected chi connectivity index (χ0v) is 15.3. The lowest BCUT2D eigenvalue weighted by Crippen LogP contribution is -3.04. The summed E-state index contributed by atoms with van der Waals surface area (Å²) in [5.41, 5.74) is 3.13. The van der Waals surface area contributed by atoms with Gasteiger partial charge in [0, 0.05) is 28.2 Å². The van der Waals surface area contributed by atoms with Crippen LogP contribution in [0.1, 0.15) is 16.7 Å². The van der Waals surface area contributed by atoms with Crippen molar-refractivity contribution in [3.05, 3.63) is 75.3 Å². The zero-order chi connectivity index (χ0) is 17.5. The second-order valence-electron chi connectivity index (χ2n) is 5.87. The van der Waals surface area contributed by atoms with E-state index < -0.39 is 0 Å². The Hall–Kier alpha value is -1.81. The molecule has 0 saturated heterocycles. The van der Waals surface area contributed by atoms with Crippen LogP contribution in [0.25, 0.3) is 6.08 Å². The Morgan fingerprint density at radius 3 is 2.50 bits per heavy atom. The van der Waals surface area contributed by atoms with E-state index in [2.05, 4.69) is 25.5 Å². The molecule has 126 valence electrons. The number of hydrogen-bond acceptors (Lipinski definition) is 1. The van der Waals surface area contributed by atoms with Crippen LogP contribution in [-0.4, -0.2) is 20.0 Å². The van der Waals surface area contributed by atoms with Crippen LogP contribution >= 0.6 is 23.2 Å². The molecule has 3 nitrogen and oxygen atoms in total. The first-order valence-electron chi connectivity index (χ1n) is 7.72. The highest BCUT2D eigenvalue weighted by atomic mass is 35.5. The minimum atomic E-state index is -0.159. The van der Waals surface area contributed by atoms with Gasteiger partial charge in [-0.1, -0.05) is 53.5 Å². The zero-order valence-electron chi connectivity index (χ0n) is 13.8. The van der Waals surface area contributed by atoms with Crippen LogP contribution in [0.4, 0.5) is 0 Å². The Morgan fingerprint density at radius 1 is 1.12 bits per heavy atom. The van der Waals surface area contributed by atoms with Crippen LogP contribution in [0.3, 0.4) is 0 Å². The minimum Gasteiger partial charge on any atom is -0.348 e. The molecule has 0 atom stereocenters. The molecule has 2 rings (SSSR count). The molecule has 2 aromatic carbocycles. The lowest BCUT2D eigenvalue weighted by molar-refractivity contribution is -0.872. The van der Waals surface area contributed by atoms with E-state index in [1.54, 1.807) is 24.3 Å². The fourth-order valence-corrected chi connectivity index (χ4v) is 2.80. The Balaban J connectivity index is 1.97. The third-order valence-electron chi connectivity index (χ3n) is 3.49. The van der Waals surface area contributed by atoms with Crippen molar-refractivity contribution in [2.24, 2.45) is 0 Å². The molecule has 0 radical (unpaired) electrons. The molecule has 24 heavy (non-hydrogen) atoms. The maximum atomic E-state index is 12.0.